The molecule has 2 aromatic rings. The molecule has 3 nitrogen and oxygen atoms in total. The van der Waals surface area contributed by atoms with Gasteiger partial charge in [0.25, 0.3) is 0 Å². The fourth-order valence-electron chi connectivity index (χ4n) is 3.64. The number of esters is 1. The van der Waals surface area contributed by atoms with Gasteiger partial charge in [-0.3, -0.25) is 4.99 Å². The van der Waals surface area contributed by atoms with E-state index in [2.05, 4.69) is 50.9 Å². The van der Waals surface area contributed by atoms with Gasteiger partial charge in [0.15, 0.2) is 0 Å². The number of aliphatic imine (C=N–C) groups is 1. The number of methoxy groups -OCH3 is 1. The van der Waals surface area contributed by atoms with Crippen LogP contribution in [0.1, 0.15) is 67.6 Å². The van der Waals surface area contributed by atoms with Crippen LogP contribution >= 0.6 is 0 Å². The topological polar surface area (TPSA) is 38.7 Å². The van der Waals surface area contributed by atoms with Crippen LogP contribution < -0.4 is 0 Å². The third-order valence-corrected chi connectivity index (χ3v) is 5.53. The zero-order chi connectivity index (χ0) is 18.9. The molecule has 0 bridgehead atoms. The van der Waals surface area contributed by atoms with E-state index in [1.54, 1.807) is 12.1 Å². The highest BCUT2D eigenvalue weighted by atomic mass is 16.5. The molecule has 1 aliphatic rings. The smallest absolute Gasteiger partial charge is 0.337 e. The average molecular weight is 349 g/mol. The molecule has 26 heavy (non-hydrogen) atoms. The first-order chi connectivity index (χ1) is 12.2. The number of nitrogens with zero attached hydrogens (tertiary/aromatic N) is 1. The van der Waals surface area contributed by atoms with Gasteiger partial charge in [0, 0.05) is 6.21 Å². The van der Waals surface area contributed by atoms with Crippen molar-refractivity contribution < 1.29 is 9.53 Å². The van der Waals surface area contributed by atoms with Crippen LogP contribution in [0.25, 0.3) is 0 Å². The molecule has 0 aromatic heterocycles. The fraction of sp³-hybridized carbons (Fsp3) is 0.391. The summed E-state index contributed by atoms with van der Waals surface area (Å²) in [6, 6.07) is 13.8. The molecule has 3 rings (SSSR count). The Kier molecular flexibility index (Phi) is 4.74. The average Bonchev–Trinajstić information content (AvgIpc) is 2.63. The normalized spacial score (nSPS) is 17.7. The van der Waals surface area contributed by atoms with E-state index < -0.39 is 0 Å². The van der Waals surface area contributed by atoms with Gasteiger partial charge in [-0.1, -0.05) is 39.8 Å². The third kappa shape index (κ3) is 3.57. The summed E-state index contributed by atoms with van der Waals surface area (Å²) in [5.74, 6) is -0.333. The molecule has 2 aromatic carbocycles. The zero-order valence-corrected chi connectivity index (χ0v) is 16.3. The van der Waals surface area contributed by atoms with Crippen molar-refractivity contribution in [3.8, 4) is 0 Å². The summed E-state index contributed by atoms with van der Waals surface area (Å²) in [5, 5.41) is 0. The lowest BCUT2D eigenvalue weighted by molar-refractivity contribution is 0.0601. The summed E-state index contributed by atoms with van der Waals surface area (Å²) in [6.45, 7) is 9.32. The van der Waals surface area contributed by atoms with Crippen molar-refractivity contribution in [3.05, 3.63) is 64.7 Å². The first-order valence-electron chi connectivity index (χ1n) is 9.10. The largest absolute Gasteiger partial charge is 0.465 e. The number of carbonyl (C=O) groups excluding carboxylic acids is 1. The molecule has 3 heteroatoms. The predicted octanol–water partition coefficient (Wildman–Crippen LogP) is 5.57. The molecule has 0 unspecified atom stereocenters. The van der Waals surface area contributed by atoms with E-state index in [0.717, 1.165) is 11.3 Å². The van der Waals surface area contributed by atoms with Crippen LogP contribution in [0, 0.1) is 0 Å². The van der Waals surface area contributed by atoms with Gasteiger partial charge in [0.1, 0.15) is 0 Å². The van der Waals surface area contributed by atoms with Crippen molar-refractivity contribution in [1.82, 2.24) is 0 Å². The summed E-state index contributed by atoms with van der Waals surface area (Å²) in [5.41, 5.74) is 5.75. The highest BCUT2D eigenvalue weighted by Crippen LogP contribution is 2.45. The third-order valence-electron chi connectivity index (χ3n) is 5.53. The molecule has 0 radical (unpaired) electrons. The second kappa shape index (κ2) is 6.71. The molecule has 0 saturated carbocycles. The molecule has 0 saturated heterocycles. The Labute approximate surface area is 156 Å². The standard InChI is InChI=1S/C23H27NO2/c1-22(2)12-13-23(3,4)20-14-16(6-11-19(20)22)15-24-18-9-7-17(8-10-18)21(25)26-5/h6-11,14-15H,12-13H2,1-5H3. The summed E-state index contributed by atoms with van der Waals surface area (Å²) in [4.78, 5) is 16.1. The minimum absolute atomic E-state index is 0.191. The van der Waals surface area contributed by atoms with E-state index in [1.165, 1.54) is 31.1 Å². The van der Waals surface area contributed by atoms with Gasteiger partial charge in [-0.25, -0.2) is 4.79 Å². The summed E-state index contributed by atoms with van der Waals surface area (Å²) < 4.78 is 4.72. The van der Waals surface area contributed by atoms with Crippen molar-refractivity contribution in [3.63, 3.8) is 0 Å². The molecule has 0 fully saturated rings. The molecule has 0 amide bonds. The van der Waals surface area contributed by atoms with Gasteiger partial charge in [0.2, 0.25) is 0 Å². The maximum atomic E-state index is 11.5. The Hall–Kier alpha value is -2.42. The number of carbonyl (C=O) groups is 1. The molecular weight excluding hydrogens is 322 g/mol. The van der Waals surface area contributed by atoms with Crippen LogP contribution in [0.5, 0.6) is 0 Å². The lowest BCUT2D eigenvalue weighted by Crippen LogP contribution is -2.33. The van der Waals surface area contributed by atoms with Gasteiger partial charge in [0.05, 0.1) is 18.4 Å². The maximum Gasteiger partial charge on any atom is 0.337 e. The van der Waals surface area contributed by atoms with E-state index in [9.17, 15) is 4.79 Å². The molecule has 136 valence electrons. The predicted molar refractivity (Wildman–Crippen MR) is 107 cm³/mol. The van der Waals surface area contributed by atoms with Crippen molar-refractivity contribution >= 4 is 17.9 Å². The van der Waals surface area contributed by atoms with Crippen LogP contribution in [0.15, 0.2) is 47.5 Å². The number of ether oxygens (including phenoxy) is 1. The Morgan fingerprint density at radius 2 is 1.58 bits per heavy atom. The van der Waals surface area contributed by atoms with Gasteiger partial charge in [-0.2, -0.15) is 0 Å². The number of hydrogen-bond donors (Lipinski definition) is 0. The number of benzene rings is 2. The van der Waals surface area contributed by atoms with E-state index in [1.807, 2.05) is 18.3 Å². The number of rotatable bonds is 3. The van der Waals surface area contributed by atoms with Crippen molar-refractivity contribution in [2.45, 2.75) is 51.4 Å². The van der Waals surface area contributed by atoms with E-state index in [0.29, 0.717) is 5.56 Å². The lowest BCUT2D eigenvalue weighted by Gasteiger charge is -2.42. The minimum Gasteiger partial charge on any atom is -0.465 e. The first-order valence-corrected chi connectivity index (χ1v) is 9.10. The van der Waals surface area contributed by atoms with Crippen LogP contribution in [-0.2, 0) is 15.6 Å². The molecule has 1 aliphatic carbocycles. The molecule has 0 atom stereocenters. The number of hydrogen-bond acceptors (Lipinski definition) is 3. The molecule has 0 heterocycles. The fourth-order valence-corrected chi connectivity index (χ4v) is 3.64. The van der Waals surface area contributed by atoms with E-state index >= 15 is 0 Å². The van der Waals surface area contributed by atoms with Crippen LogP contribution in [0.3, 0.4) is 0 Å². The highest BCUT2D eigenvalue weighted by Gasteiger charge is 2.36. The summed E-state index contributed by atoms with van der Waals surface area (Å²) >= 11 is 0. The van der Waals surface area contributed by atoms with E-state index in [-0.39, 0.29) is 16.8 Å². The molecular formula is C23H27NO2. The van der Waals surface area contributed by atoms with Gasteiger partial charge < -0.3 is 4.74 Å². The second-order valence-electron chi connectivity index (χ2n) is 8.37. The molecule has 0 spiro atoms. The Bertz CT molecular complexity index is 845. The Morgan fingerprint density at radius 3 is 2.19 bits per heavy atom. The molecule has 0 aliphatic heterocycles. The van der Waals surface area contributed by atoms with Crippen LogP contribution in [0.4, 0.5) is 5.69 Å². The first kappa shape index (κ1) is 18.4. The Morgan fingerprint density at radius 1 is 0.962 bits per heavy atom. The Balaban J connectivity index is 1.87. The molecule has 0 N–H and O–H groups in total. The van der Waals surface area contributed by atoms with Gasteiger partial charge in [-0.15, -0.1) is 0 Å². The van der Waals surface area contributed by atoms with Crippen LogP contribution in [0.2, 0.25) is 0 Å². The highest BCUT2D eigenvalue weighted by molar-refractivity contribution is 5.90. The van der Waals surface area contributed by atoms with Crippen LogP contribution in [-0.4, -0.2) is 19.3 Å². The lowest BCUT2D eigenvalue weighted by atomic mass is 9.63. The SMILES string of the molecule is COC(=O)c1ccc(N=Cc2ccc3c(c2)C(C)(C)CCC3(C)C)cc1. The van der Waals surface area contributed by atoms with E-state index in [4.69, 9.17) is 4.74 Å². The van der Waals surface area contributed by atoms with Gasteiger partial charge in [-0.05, 0) is 70.7 Å². The van der Waals surface area contributed by atoms with Gasteiger partial charge >= 0.3 is 5.97 Å². The monoisotopic (exact) mass is 349 g/mol. The van der Waals surface area contributed by atoms with Crippen molar-refractivity contribution in [2.24, 2.45) is 4.99 Å². The van der Waals surface area contributed by atoms with Crippen molar-refractivity contribution in [1.29, 1.82) is 0 Å². The summed E-state index contributed by atoms with van der Waals surface area (Å²) in [6.07, 6.45) is 4.31. The summed E-state index contributed by atoms with van der Waals surface area (Å²) in [7, 11) is 1.38. The minimum atomic E-state index is -0.333. The quantitative estimate of drug-likeness (QED) is 0.536. The maximum absolute atomic E-state index is 11.5. The second-order valence-corrected chi connectivity index (χ2v) is 8.37. The van der Waals surface area contributed by atoms with Crippen molar-refractivity contribution in [2.75, 3.05) is 7.11 Å². The zero-order valence-electron chi connectivity index (χ0n) is 16.3. The number of fused-ring (bicyclic) bond motifs is 1.